The van der Waals surface area contributed by atoms with Gasteiger partial charge in [0.2, 0.25) is 0 Å². The molecule has 0 atom stereocenters. The third kappa shape index (κ3) is 9.35. The molecule has 1 rings (SSSR count). The fourth-order valence-corrected chi connectivity index (χ4v) is 2.59. The van der Waals surface area contributed by atoms with E-state index >= 15 is 0 Å². The highest BCUT2D eigenvalue weighted by molar-refractivity contribution is 9.10. The predicted molar refractivity (Wildman–Crippen MR) is 89.3 cm³/mol. The Labute approximate surface area is 132 Å². The van der Waals surface area contributed by atoms with E-state index in [1.807, 2.05) is 6.07 Å². The molecule has 0 aliphatic carbocycles. The van der Waals surface area contributed by atoms with Gasteiger partial charge in [-0.25, -0.2) is 0 Å². The highest BCUT2D eigenvalue weighted by atomic mass is 79.9. The standard InChI is InChI=1S/C17H28BrNO/c1-2-3-4-5-6-7-8-9-10-11-12-20-17-13-16(18)14-19-15-17/h13-15H,2-12H2,1H3. The highest BCUT2D eigenvalue weighted by Gasteiger charge is 1.96. The van der Waals surface area contributed by atoms with Gasteiger partial charge in [-0.1, -0.05) is 64.7 Å². The number of hydrogen-bond acceptors (Lipinski definition) is 2. The first-order chi connectivity index (χ1) is 9.83. The van der Waals surface area contributed by atoms with Gasteiger partial charge in [0.25, 0.3) is 0 Å². The van der Waals surface area contributed by atoms with Crippen molar-refractivity contribution >= 4 is 15.9 Å². The van der Waals surface area contributed by atoms with Crippen LogP contribution < -0.4 is 4.74 Å². The second kappa shape index (κ2) is 12.2. The van der Waals surface area contributed by atoms with Gasteiger partial charge in [0, 0.05) is 10.7 Å². The predicted octanol–water partition coefficient (Wildman–Crippen LogP) is 6.14. The van der Waals surface area contributed by atoms with Gasteiger partial charge in [-0.05, 0) is 28.4 Å². The van der Waals surface area contributed by atoms with Crippen LogP contribution in [-0.2, 0) is 0 Å². The lowest BCUT2D eigenvalue weighted by molar-refractivity contribution is 0.303. The smallest absolute Gasteiger partial charge is 0.138 e. The van der Waals surface area contributed by atoms with E-state index in [4.69, 9.17) is 4.74 Å². The Morgan fingerprint density at radius 2 is 1.50 bits per heavy atom. The molecule has 0 saturated carbocycles. The lowest BCUT2D eigenvalue weighted by Gasteiger charge is -2.06. The zero-order chi connectivity index (χ0) is 14.5. The van der Waals surface area contributed by atoms with E-state index in [1.165, 1.54) is 57.8 Å². The van der Waals surface area contributed by atoms with Gasteiger partial charge in [-0.2, -0.15) is 0 Å². The van der Waals surface area contributed by atoms with Crippen LogP contribution >= 0.6 is 15.9 Å². The fraction of sp³-hybridized carbons (Fsp3) is 0.706. The molecule has 0 amide bonds. The van der Waals surface area contributed by atoms with Crippen LogP contribution in [0.25, 0.3) is 0 Å². The Morgan fingerprint density at radius 3 is 2.10 bits per heavy atom. The summed E-state index contributed by atoms with van der Waals surface area (Å²) in [5.74, 6) is 0.857. The molecule has 114 valence electrons. The fourth-order valence-electron chi connectivity index (χ4n) is 2.25. The molecular weight excluding hydrogens is 314 g/mol. The molecule has 0 unspecified atom stereocenters. The highest BCUT2D eigenvalue weighted by Crippen LogP contribution is 2.16. The molecule has 20 heavy (non-hydrogen) atoms. The normalized spacial score (nSPS) is 10.7. The molecule has 0 spiro atoms. The summed E-state index contributed by atoms with van der Waals surface area (Å²) in [6.07, 6.45) is 17.1. The van der Waals surface area contributed by atoms with Crippen molar-refractivity contribution in [1.29, 1.82) is 0 Å². The van der Waals surface area contributed by atoms with E-state index < -0.39 is 0 Å². The van der Waals surface area contributed by atoms with Gasteiger partial charge >= 0.3 is 0 Å². The SMILES string of the molecule is CCCCCCCCCCCCOc1cncc(Br)c1. The van der Waals surface area contributed by atoms with Crippen molar-refractivity contribution in [2.75, 3.05) is 6.61 Å². The number of aromatic nitrogens is 1. The lowest BCUT2D eigenvalue weighted by Crippen LogP contribution is -1.97. The number of unbranched alkanes of at least 4 members (excludes halogenated alkanes) is 9. The summed E-state index contributed by atoms with van der Waals surface area (Å²) < 4.78 is 6.64. The molecule has 0 aliphatic heterocycles. The second-order valence-electron chi connectivity index (χ2n) is 5.37. The first kappa shape index (κ1) is 17.5. The summed E-state index contributed by atoms with van der Waals surface area (Å²) in [7, 11) is 0. The van der Waals surface area contributed by atoms with Gasteiger partial charge in [-0.3, -0.25) is 4.98 Å². The quantitative estimate of drug-likeness (QED) is 0.425. The molecule has 0 aromatic carbocycles. The van der Waals surface area contributed by atoms with E-state index in [0.717, 1.165) is 23.2 Å². The van der Waals surface area contributed by atoms with Crippen LogP contribution in [0, 0.1) is 0 Å². The van der Waals surface area contributed by atoms with Gasteiger partial charge in [0.05, 0.1) is 12.8 Å². The number of pyridine rings is 1. The topological polar surface area (TPSA) is 22.1 Å². The van der Waals surface area contributed by atoms with Crippen LogP contribution in [0.15, 0.2) is 22.9 Å². The molecule has 1 heterocycles. The molecule has 0 bridgehead atoms. The molecular formula is C17H28BrNO. The number of rotatable bonds is 12. The maximum Gasteiger partial charge on any atom is 0.138 e. The van der Waals surface area contributed by atoms with Crippen molar-refractivity contribution in [2.24, 2.45) is 0 Å². The molecule has 0 fully saturated rings. The number of nitrogens with zero attached hydrogens (tertiary/aromatic N) is 1. The number of ether oxygens (including phenoxy) is 1. The summed E-state index contributed by atoms with van der Waals surface area (Å²) in [6.45, 7) is 3.07. The Hall–Kier alpha value is -0.570. The molecule has 2 nitrogen and oxygen atoms in total. The van der Waals surface area contributed by atoms with Gasteiger partial charge in [0.15, 0.2) is 0 Å². The van der Waals surface area contributed by atoms with Crippen LogP contribution in [0.4, 0.5) is 0 Å². The second-order valence-corrected chi connectivity index (χ2v) is 6.28. The average molecular weight is 342 g/mol. The summed E-state index contributed by atoms with van der Waals surface area (Å²) >= 11 is 3.39. The maximum absolute atomic E-state index is 5.67. The van der Waals surface area contributed by atoms with E-state index in [-0.39, 0.29) is 0 Å². The lowest BCUT2D eigenvalue weighted by atomic mass is 10.1. The molecule has 0 radical (unpaired) electrons. The largest absolute Gasteiger partial charge is 0.492 e. The average Bonchev–Trinajstić information content (AvgIpc) is 2.45. The van der Waals surface area contributed by atoms with Crippen LogP contribution in [0.3, 0.4) is 0 Å². The zero-order valence-electron chi connectivity index (χ0n) is 12.7. The molecule has 1 aromatic rings. The van der Waals surface area contributed by atoms with Crippen LogP contribution in [-0.4, -0.2) is 11.6 Å². The Morgan fingerprint density at radius 1 is 0.900 bits per heavy atom. The molecule has 3 heteroatoms. The third-order valence-electron chi connectivity index (χ3n) is 3.45. The van der Waals surface area contributed by atoms with Crippen LogP contribution in [0.5, 0.6) is 5.75 Å². The van der Waals surface area contributed by atoms with E-state index in [1.54, 1.807) is 12.4 Å². The minimum absolute atomic E-state index is 0.800. The Kier molecular flexibility index (Phi) is 10.7. The first-order valence-corrected chi connectivity index (χ1v) is 8.85. The van der Waals surface area contributed by atoms with E-state index in [0.29, 0.717) is 0 Å². The minimum Gasteiger partial charge on any atom is -0.492 e. The van der Waals surface area contributed by atoms with Crippen molar-refractivity contribution in [3.05, 3.63) is 22.9 Å². The maximum atomic E-state index is 5.67. The summed E-state index contributed by atoms with van der Waals surface area (Å²) in [4.78, 5) is 4.08. The third-order valence-corrected chi connectivity index (χ3v) is 3.88. The van der Waals surface area contributed by atoms with Gasteiger partial charge < -0.3 is 4.74 Å². The zero-order valence-corrected chi connectivity index (χ0v) is 14.3. The molecule has 0 aliphatic rings. The van der Waals surface area contributed by atoms with Crippen molar-refractivity contribution in [3.8, 4) is 5.75 Å². The monoisotopic (exact) mass is 341 g/mol. The van der Waals surface area contributed by atoms with Crippen LogP contribution in [0.2, 0.25) is 0 Å². The van der Waals surface area contributed by atoms with Crippen molar-refractivity contribution in [2.45, 2.75) is 71.1 Å². The first-order valence-electron chi connectivity index (χ1n) is 8.06. The summed E-state index contributed by atoms with van der Waals surface area (Å²) in [5.41, 5.74) is 0. The number of hydrogen-bond donors (Lipinski definition) is 0. The van der Waals surface area contributed by atoms with Crippen molar-refractivity contribution in [1.82, 2.24) is 4.98 Å². The van der Waals surface area contributed by atoms with E-state index in [9.17, 15) is 0 Å². The Bertz CT molecular complexity index is 344. The molecule has 1 aromatic heterocycles. The van der Waals surface area contributed by atoms with Crippen molar-refractivity contribution < 1.29 is 4.74 Å². The van der Waals surface area contributed by atoms with Gasteiger partial charge in [0.1, 0.15) is 5.75 Å². The summed E-state index contributed by atoms with van der Waals surface area (Å²) in [6, 6.07) is 1.96. The summed E-state index contributed by atoms with van der Waals surface area (Å²) in [5, 5.41) is 0. The van der Waals surface area contributed by atoms with Crippen molar-refractivity contribution in [3.63, 3.8) is 0 Å². The van der Waals surface area contributed by atoms with Crippen LogP contribution in [0.1, 0.15) is 71.1 Å². The number of halogens is 1. The Balaban J connectivity index is 1.85. The molecule has 0 N–H and O–H groups in total. The van der Waals surface area contributed by atoms with Gasteiger partial charge in [-0.15, -0.1) is 0 Å². The minimum atomic E-state index is 0.800. The van der Waals surface area contributed by atoms with E-state index in [2.05, 4.69) is 27.8 Å². The molecule has 0 saturated heterocycles.